The molecule has 5 heteroatoms. The van der Waals surface area contributed by atoms with Crippen molar-refractivity contribution in [2.45, 2.75) is 0 Å². The zero-order valence-electron chi connectivity index (χ0n) is 11.5. The van der Waals surface area contributed by atoms with Gasteiger partial charge in [-0.2, -0.15) is 0 Å². The van der Waals surface area contributed by atoms with Gasteiger partial charge in [0.05, 0.1) is 11.4 Å². The average molecular weight is 357 g/mol. The van der Waals surface area contributed by atoms with Crippen LogP contribution in [0.2, 0.25) is 0 Å². The highest BCUT2D eigenvalue weighted by Crippen LogP contribution is 2.38. The van der Waals surface area contributed by atoms with Crippen LogP contribution < -0.4 is 10.6 Å². The standard InChI is InChI=1S/C17H13BrN2O2/c18-13-7-3-4-8-14(13)20(17(19)22)15-9-11-5-1-2-6-12(11)10-16(15)21/h1-10,21H,(H2,19,22). The molecular formula is C17H13BrN2O2. The van der Waals surface area contributed by atoms with Gasteiger partial charge in [0, 0.05) is 4.47 Å². The smallest absolute Gasteiger partial charge is 0.324 e. The van der Waals surface area contributed by atoms with Crippen LogP contribution in [0.5, 0.6) is 5.75 Å². The summed E-state index contributed by atoms with van der Waals surface area (Å²) in [5.41, 5.74) is 6.45. The number of phenolic OH excluding ortho intramolecular Hbond substituents is 1. The van der Waals surface area contributed by atoms with E-state index in [0.29, 0.717) is 15.8 Å². The van der Waals surface area contributed by atoms with E-state index in [-0.39, 0.29) is 5.75 Å². The van der Waals surface area contributed by atoms with E-state index in [1.54, 1.807) is 24.3 Å². The van der Waals surface area contributed by atoms with Gasteiger partial charge in [-0.05, 0) is 51.0 Å². The predicted octanol–water partition coefficient (Wildman–Crippen LogP) is 4.52. The number of carbonyl (C=O) groups excluding carboxylic acids is 1. The summed E-state index contributed by atoms with van der Waals surface area (Å²) in [6.07, 6.45) is 0. The second-order valence-corrected chi connectivity index (χ2v) is 5.67. The lowest BCUT2D eigenvalue weighted by atomic mass is 10.1. The van der Waals surface area contributed by atoms with E-state index >= 15 is 0 Å². The number of aromatic hydroxyl groups is 1. The number of urea groups is 1. The van der Waals surface area contributed by atoms with Crippen LogP contribution in [0.4, 0.5) is 16.2 Å². The number of hydrogen-bond donors (Lipinski definition) is 2. The van der Waals surface area contributed by atoms with Gasteiger partial charge >= 0.3 is 6.03 Å². The molecule has 22 heavy (non-hydrogen) atoms. The van der Waals surface area contributed by atoms with Gasteiger partial charge in [0.25, 0.3) is 0 Å². The Labute approximate surface area is 135 Å². The number of fused-ring (bicyclic) bond motifs is 1. The van der Waals surface area contributed by atoms with Crippen molar-refractivity contribution < 1.29 is 9.90 Å². The molecule has 0 atom stereocenters. The topological polar surface area (TPSA) is 66.6 Å². The van der Waals surface area contributed by atoms with Crippen molar-refractivity contribution in [1.82, 2.24) is 0 Å². The number of phenols is 1. The molecule has 3 aromatic rings. The van der Waals surface area contributed by atoms with Crippen molar-refractivity contribution in [3.05, 3.63) is 65.1 Å². The third kappa shape index (κ3) is 2.51. The fourth-order valence-corrected chi connectivity index (χ4v) is 2.86. The molecule has 0 aliphatic carbocycles. The Morgan fingerprint density at radius 1 is 0.955 bits per heavy atom. The maximum absolute atomic E-state index is 12.0. The van der Waals surface area contributed by atoms with E-state index < -0.39 is 6.03 Å². The molecular weight excluding hydrogens is 344 g/mol. The van der Waals surface area contributed by atoms with Crippen LogP contribution in [-0.2, 0) is 0 Å². The molecule has 0 radical (unpaired) electrons. The fourth-order valence-electron chi connectivity index (χ4n) is 2.40. The predicted molar refractivity (Wildman–Crippen MR) is 91.5 cm³/mol. The summed E-state index contributed by atoms with van der Waals surface area (Å²) in [7, 11) is 0. The lowest BCUT2D eigenvalue weighted by Crippen LogP contribution is -2.31. The minimum Gasteiger partial charge on any atom is -0.506 e. The van der Waals surface area contributed by atoms with E-state index in [2.05, 4.69) is 15.9 Å². The average Bonchev–Trinajstić information content (AvgIpc) is 2.49. The fraction of sp³-hybridized carbons (Fsp3) is 0. The van der Waals surface area contributed by atoms with Crippen molar-refractivity contribution in [2.24, 2.45) is 5.73 Å². The summed E-state index contributed by atoms with van der Waals surface area (Å²) in [6.45, 7) is 0. The summed E-state index contributed by atoms with van der Waals surface area (Å²) < 4.78 is 0.710. The molecule has 0 bridgehead atoms. The minimum atomic E-state index is -0.669. The second kappa shape index (κ2) is 5.69. The molecule has 0 unspecified atom stereocenters. The largest absolute Gasteiger partial charge is 0.506 e. The van der Waals surface area contributed by atoms with Gasteiger partial charge < -0.3 is 10.8 Å². The van der Waals surface area contributed by atoms with Crippen molar-refractivity contribution in [3.63, 3.8) is 0 Å². The first kappa shape index (κ1) is 14.4. The lowest BCUT2D eigenvalue weighted by Gasteiger charge is -2.23. The molecule has 3 aromatic carbocycles. The van der Waals surface area contributed by atoms with Crippen molar-refractivity contribution in [3.8, 4) is 5.75 Å². The zero-order chi connectivity index (χ0) is 15.7. The highest BCUT2D eigenvalue weighted by Gasteiger charge is 2.21. The van der Waals surface area contributed by atoms with Crippen LogP contribution in [0, 0.1) is 0 Å². The Morgan fingerprint density at radius 3 is 2.18 bits per heavy atom. The molecule has 110 valence electrons. The van der Waals surface area contributed by atoms with E-state index in [0.717, 1.165) is 10.8 Å². The van der Waals surface area contributed by atoms with Crippen molar-refractivity contribution >= 4 is 44.1 Å². The number of benzene rings is 3. The number of anilines is 2. The van der Waals surface area contributed by atoms with Crippen LogP contribution in [0.1, 0.15) is 0 Å². The van der Waals surface area contributed by atoms with Gasteiger partial charge in [-0.3, -0.25) is 4.90 Å². The highest BCUT2D eigenvalue weighted by molar-refractivity contribution is 9.10. The normalized spacial score (nSPS) is 10.6. The van der Waals surface area contributed by atoms with Gasteiger partial charge in [0.15, 0.2) is 0 Å². The summed E-state index contributed by atoms with van der Waals surface area (Å²) in [6, 6.07) is 17.5. The van der Waals surface area contributed by atoms with Crippen molar-refractivity contribution in [1.29, 1.82) is 0 Å². The molecule has 3 N–H and O–H groups in total. The molecule has 0 spiro atoms. The number of rotatable bonds is 2. The van der Waals surface area contributed by atoms with Crippen LogP contribution in [0.25, 0.3) is 10.8 Å². The molecule has 0 fully saturated rings. The number of para-hydroxylation sites is 1. The summed E-state index contributed by atoms with van der Waals surface area (Å²) in [4.78, 5) is 13.2. The summed E-state index contributed by atoms with van der Waals surface area (Å²) >= 11 is 3.41. The number of primary amides is 1. The third-order valence-electron chi connectivity index (χ3n) is 3.40. The van der Waals surface area contributed by atoms with Crippen LogP contribution in [0.3, 0.4) is 0 Å². The molecule has 3 rings (SSSR count). The first-order valence-corrected chi connectivity index (χ1v) is 7.43. The summed E-state index contributed by atoms with van der Waals surface area (Å²) in [5.74, 6) is -0.00625. The maximum atomic E-state index is 12.0. The van der Waals surface area contributed by atoms with E-state index in [1.165, 1.54) is 4.90 Å². The molecule has 0 aliphatic heterocycles. The Bertz CT molecular complexity index is 864. The molecule has 0 saturated carbocycles. The summed E-state index contributed by atoms with van der Waals surface area (Å²) in [5, 5.41) is 12.1. The molecule has 2 amide bonds. The van der Waals surface area contributed by atoms with Crippen molar-refractivity contribution in [2.75, 3.05) is 4.90 Å². The number of amides is 2. The number of hydrogen-bond acceptors (Lipinski definition) is 2. The van der Waals surface area contributed by atoms with Crippen LogP contribution in [-0.4, -0.2) is 11.1 Å². The first-order valence-electron chi connectivity index (χ1n) is 6.64. The lowest BCUT2D eigenvalue weighted by molar-refractivity contribution is 0.256. The van der Waals surface area contributed by atoms with Gasteiger partial charge in [-0.15, -0.1) is 0 Å². The SMILES string of the molecule is NC(=O)N(c1cc2ccccc2cc1O)c1ccccc1Br. The molecule has 0 aliphatic rings. The third-order valence-corrected chi connectivity index (χ3v) is 4.07. The molecule has 0 heterocycles. The van der Waals surface area contributed by atoms with E-state index in [9.17, 15) is 9.90 Å². The maximum Gasteiger partial charge on any atom is 0.324 e. The van der Waals surface area contributed by atoms with Gasteiger partial charge in [-0.1, -0.05) is 36.4 Å². The Kier molecular flexibility index (Phi) is 3.73. The molecule has 4 nitrogen and oxygen atoms in total. The Morgan fingerprint density at radius 2 is 1.55 bits per heavy atom. The quantitative estimate of drug-likeness (QED) is 0.708. The van der Waals surface area contributed by atoms with E-state index in [4.69, 9.17) is 5.73 Å². The monoisotopic (exact) mass is 356 g/mol. The number of nitrogens with zero attached hydrogens (tertiary/aromatic N) is 1. The Balaban J connectivity index is 2.23. The van der Waals surface area contributed by atoms with Gasteiger partial charge in [0.2, 0.25) is 0 Å². The zero-order valence-corrected chi connectivity index (χ0v) is 13.1. The Hall–Kier alpha value is -2.53. The van der Waals surface area contributed by atoms with E-state index in [1.807, 2.05) is 36.4 Å². The van der Waals surface area contributed by atoms with Crippen LogP contribution >= 0.6 is 15.9 Å². The number of nitrogens with two attached hydrogens (primary N) is 1. The molecule has 0 aromatic heterocycles. The molecule has 0 saturated heterocycles. The van der Waals surface area contributed by atoms with Crippen LogP contribution in [0.15, 0.2) is 65.1 Å². The number of halogens is 1. The van der Waals surface area contributed by atoms with Gasteiger partial charge in [0.1, 0.15) is 5.75 Å². The number of carbonyl (C=O) groups is 1. The second-order valence-electron chi connectivity index (χ2n) is 4.81. The highest BCUT2D eigenvalue weighted by atomic mass is 79.9. The minimum absolute atomic E-state index is 0.00625. The first-order chi connectivity index (χ1) is 10.6. The van der Waals surface area contributed by atoms with Gasteiger partial charge in [-0.25, -0.2) is 4.79 Å².